The molecule has 1 aromatic rings. The standard InChI is InChI=1S/C12H16ClN3O4/c1-14(2)5-6-15(8-12(17)18)11-7-9(13)3-4-10(11)16(19)20/h3-4,7H,5-6,8H2,1-2H3,(H,17,18). The second-order valence-corrected chi connectivity index (χ2v) is 4.95. The van der Waals surface area contributed by atoms with E-state index < -0.39 is 10.9 Å². The molecule has 0 aliphatic rings. The van der Waals surface area contributed by atoms with Crippen molar-refractivity contribution in [1.82, 2.24) is 4.90 Å². The maximum atomic E-state index is 11.0. The monoisotopic (exact) mass is 301 g/mol. The van der Waals surface area contributed by atoms with Crippen LogP contribution in [0, 0.1) is 10.1 Å². The third-order valence-corrected chi connectivity index (χ3v) is 2.85. The van der Waals surface area contributed by atoms with Crippen molar-refractivity contribution in [3.05, 3.63) is 33.3 Å². The summed E-state index contributed by atoms with van der Waals surface area (Å²) < 4.78 is 0. The molecule has 0 saturated carbocycles. The van der Waals surface area contributed by atoms with Gasteiger partial charge in [-0.3, -0.25) is 14.9 Å². The van der Waals surface area contributed by atoms with E-state index in [0.717, 1.165) is 0 Å². The quantitative estimate of drug-likeness (QED) is 0.609. The van der Waals surface area contributed by atoms with E-state index in [9.17, 15) is 14.9 Å². The minimum atomic E-state index is -1.06. The number of likely N-dealkylation sites (N-methyl/N-ethyl adjacent to an activating group) is 1. The predicted octanol–water partition coefficient (Wildman–Crippen LogP) is 1.70. The van der Waals surface area contributed by atoms with Crippen LogP contribution in [-0.2, 0) is 4.79 Å². The molecule has 110 valence electrons. The van der Waals surface area contributed by atoms with Crippen molar-refractivity contribution in [2.45, 2.75) is 0 Å². The number of nitro groups is 1. The number of rotatable bonds is 7. The average Bonchev–Trinajstić information content (AvgIpc) is 2.33. The number of benzene rings is 1. The third kappa shape index (κ3) is 4.67. The maximum Gasteiger partial charge on any atom is 0.323 e. The number of halogens is 1. The lowest BCUT2D eigenvalue weighted by molar-refractivity contribution is -0.384. The summed E-state index contributed by atoms with van der Waals surface area (Å²) in [6, 6.07) is 4.11. The number of hydrogen-bond acceptors (Lipinski definition) is 5. The predicted molar refractivity (Wildman–Crippen MR) is 76.5 cm³/mol. The Morgan fingerprint density at radius 1 is 1.40 bits per heavy atom. The number of carboxylic acids is 1. The fraction of sp³-hybridized carbons (Fsp3) is 0.417. The Labute approximate surface area is 121 Å². The van der Waals surface area contributed by atoms with Gasteiger partial charge in [0.25, 0.3) is 5.69 Å². The lowest BCUT2D eigenvalue weighted by Crippen LogP contribution is -2.36. The molecule has 0 heterocycles. The Morgan fingerprint density at radius 2 is 2.05 bits per heavy atom. The van der Waals surface area contributed by atoms with Crippen molar-refractivity contribution in [3.8, 4) is 0 Å². The highest BCUT2D eigenvalue weighted by molar-refractivity contribution is 6.31. The van der Waals surface area contributed by atoms with Crippen molar-refractivity contribution in [3.63, 3.8) is 0 Å². The fourth-order valence-electron chi connectivity index (χ4n) is 1.67. The molecule has 0 spiro atoms. The van der Waals surface area contributed by atoms with Crippen molar-refractivity contribution in [1.29, 1.82) is 0 Å². The zero-order valence-corrected chi connectivity index (χ0v) is 12.0. The Kier molecular flexibility index (Phi) is 5.72. The first kappa shape index (κ1) is 16.2. The fourth-order valence-corrected chi connectivity index (χ4v) is 1.84. The van der Waals surface area contributed by atoms with Gasteiger partial charge in [0.1, 0.15) is 12.2 Å². The van der Waals surface area contributed by atoms with E-state index in [1.54, 1.807) is 0 Å². The second-order valence-electron chi connectivity index (χ2n) is 4.51. The molecule has 0 radical (unpaired) electrons. The molecule has 20 heavy (non-hydrogen) atoms. The van der Waals surface area contributed by atoms with E-state index in [1.165, 1.54) is 23.1 Å². The maximum absolute atomic E-state index is 11.0. The summed E-state index contributed by atoms with van der Waals surface area (Å²) >= 11 is 5.86. The van der Waals surface area contributed by atoms with Gasteiger partial charge in [-0.2, -0.15) is 0 Å². The van der Waals surface area contributed by atoms with E-state index in [1.807, 2.05) is 19.0 Å². The van der Waals surface area contributed by atoms with Crippen LogP contribution in [0.3, 0.4) is 0 Å². The summed E-state index contributed by atoms with van der Waals surface area (Å²) in [5.74, 6) is -1.06. The van der Waals surface area contributed by atoms with E-state index >= 15 is 0 Å². The highest BCUT2D eigenvalue weighted by atomic mass is 35.5. The molecule has 0 bridgehead atoms. The van der Waals surface area contributed by atoms with Crippen LogP contribution in [0.4, 0.5) is 11.4 Å². The molecule has 0 amide bonds. The first-order valence-corrected chi connectivity index (χ1v) is 6.24. The molecule has 1 aromatic carbocycles. The van der Waals surface area contributed by atoms with E-state index in [0.29, 0.717) is 18.1 Å². The number of nitro benzene ring substituents is 1. The van der Waals surface area contributed by atoms with Gasteiger partial charge in [-0.05, 0) is 26.2 Å². The number of aliphatic carboxylic acids is 1. The molecule has 0 saturated heterocycles. The molecular weight excluding hydrogens is 286 g/mol. The van der Waals surface area contributed by atoms with Crippen LogP contribution in [0.1, 0.15) is 0 Å². The number of carboxylic acid groups (broad SMARTS) is 1. The molecule has 0 aromatic heterocycles. The van der Waals surface area contributed by atoms with E-state index in [-0.39, 0.29) is 17.9 Å². The van der Waals surface area contributed by atoms with Crippen LogP contribution in [0.25, 0.3) is 0 Å². The summed E-state index contributed by atoms with van der Waals surface area (Å²) in [4.78, 5) is 24.7. The second kappa shape index (κ2) is 7.06. The summed E-state index contributed by atoms with van der Waals surface area (Å²) in [6.07, 6.45) is 0. The molecule has 0 atom stereocenters. The minimum absolute atomic E-state index is 0.158. The number of hydrogen-bond donors (Lipinski definition) is 1. The van der Waals surface area contributed by atoms with E-state index in [2.05, 4.69) is 0 Å². The smallest absolute Gasteiger partial charge is 0.323 e. The Bertz CT molecular complexity index is 507. The van der Waals surface area contributed by atoms with Gasteiger partial charge in [0, 0.05) is 24.2 Å². The van der Waals surface area contributed by atoms with Gasteiger partial charge in [0.15, 0.2) is 0 Å². The number of nitrogens with zero attached hydrogens (tertiary/aromatic N) is 3. The van der Waals surface area contributed by atoms with Gasteiger partial charge in [0.2, 0.25) is 0 Å². The average molecular weight is 302 g/mol. The summed E-state index contributed by atoms with van der Waals surface area (Å²) in [6.45, 7) is 0.590. The minimum Gasteiger partial charge on any atom is -0.480 e. The normalized spacial score (nSPS) is 10.6. The third-order valence-electron chi connectivity index (χ3n) is 2.62. The van der Waals surface area contributed by atoms with E-state index in [4.69, 9.17) is 16.7 Å². The van der Waals surface area contributed by atoms with Crippen LogP contribution in [0.15, 0.2) is 18.2 Å². The molecule has 1 N–H and O–H groups in total. The molecule has 0 aliphatic heterocycles. The van der Waals surface area contributed by atoms with Gasteiger partial charge in [-0.25, -0.2) is 0 Å². The molecule has 0 unspecified atom stereocenters. The Hall–Kier alpha value is -1.86. The SMILES string of the molecule is CN(C)CCN(CC(=O)O)c1cc(Cl)ccc1[N+](=O)[O-]. The molecule has 8 heteroatoms. The van der Waals surface area contributed by atoms with Crippen LogP contribution < -0.4 is 4.90 Å². The Morgan fingerprint density at radius 3 is 2.55 bits per heavy atom. The number of carbonyl (C=O) groups is 1. The van der Waals surface area contributed by atoms with Gasteiger partial charge in [-0.15, -0.1) is 0 Å². The highest BCUT2D eigenvalue weighted by Crippen LogP contribution is 2.30. The first-order valence-electron chi connectivity index (χ1n) is 5.86. The molecule has 7 nitrogen and oxygen atoms in total. The molecular formula is C12H16ClN3O4. The van der Waals surface area contributed by atoms with Crippen molar-refractivity contribution in [2.24, 2.45) is 0 Å². The van der Waals surface area contributed by atoms with Gasteiger partial charge >= 0.3 is 5.97 Å². The molecule has 1 rings (SSSR count). The van der Waals surface area contributed by atoms with Gasteiger partial charge in [0.05, 0.1) is 4.92 Å². The zero-order chi connectivity index (χ0) is 15.3. The van der Waals surface area contributed by atoms with Gasteiger partial charge in [-0.1, -0.05) is 11.6 Å². The van der Waals surface area contributed by atoms with Crippen LogP contribution in [0.2, 0.25) is 5.02 Å². The van der Waals surface area contributed by atoms with Crippen molar-refractivity contribution < 1.29 is 14.8 Å². The van der Waals surface area contributed by atoms with Crippen molar-refractivity contribution in [2.75, 3.05) is 38.6 Å². The van der Waals surface area contributed by atoms with Crippen molar-refractivity contribution >= 4 is 28.9 Å². The summed E-state index contributed by atoms with van der Waals surface area (Å²) in [5.41, 5.74) is 0.0566. The summed E-state index contributed by atoms with van der Waals surface area (Å²) in [5, 5.41) is 20.3. The van der Waals surface area contributed by atoms with Crippen LogP contribution in [-0.4, -0.2) is 54.6 Å². The lowest BCUT2D eigenvalue weighted by atomic mass is 10.2. The van der Waals surface area contributed by atoms with Crippen LogP contribution >= 0.6 is 11.6 Å². The molecule has 0 fully saturated rings. The lowest BCUT2D eigenvalue weighted by Gasteiger charge is -2.24. The number of anilines is 1. The Balaban J connectivity index is 3.13. The largest absolute Gasteiger partial charge is 0.480 e. The van der Waals surface area contributed by atoms with Crippen LogP contribution in [0.5, 0.6) is 0 Å². The topological polar surface area (TPSA) is 86.9 Å². The first-order chi connectivity index (χ1) is 9.31. The zero-order valence-electron chi connectivity index (χ0n) is 11.2. The summed E-state index contributed by atoms with van der Waals surface area (Å²) in [7, 11) is 3.68. The molecule has 0 aliphatic carbocycles. The highest BCUT2D eigenvalue weighted by Gasteiger charge is 2.21. The van der Waals surface area contributed by atoms with Gasteiger partial charge < -0.3 is 14.9 Å².